The van der Waals surface area contributed by atoms with Gasteiger partial charge < -0.3 is 10.6 Å². The second-order valence-corrected chi connectivity index (χ2v) is 9.05. The number of amides is 2. The lowest BCUT2D eigenvalue weighted by atomic mass is 9.89. The van der Waals surface area contributed by atoms with Crippen molar-refractivity contribution >= 4 is 45.7 Å². The van der Waals surface area contributed by atoms with Crippen molar-refractivity contribution in [2.24, 2.45) is 5.92 Å². The monoisotopic (exact) mass is 404 g/mol. The number of aryl methyl sites for hydroxylation is 2. The van der Waals surface area contributed by atoms with E-state index in [4.69, 9.17) is 0 Å². The van der Waals surface area contributed by atoms with Crippen LogP contribution in [0.4, 0.5) is 10.8 Å². The smallest absolute Gasteiger partial charge is 0.234 e. The van der Waals surface area contributed by atoms with Gasteiger partial charge in [-0.05, 0) is 38.3 Å². The first kappa shape index (κ1) is 19.8. The van der Waals surface area contributed by atoms with Crippen molar-refractivity contribution in [3.63, 3.8) is 0 Å². The number of anilines is 2. The molecule has 27 heavy (non-hydrogen) atoms. The number of hydrogen-bond acceptors (Lipinski definition) is 6. The lowest BCUT2D eigenvalue weighted by Gasteiger charge is -2.19. The Morgan fingerprint density at radius 1 is 1.15 bits per heavy atom. The largest absolute Gasteiger partial charge is 0.325 e. The van der Waals surface area contributed by atoms with Gasteiger partial charge in [-0.15, -0.1) is 10.2 Å². The summed E-state index contributed by atoms with van der Waals surface area (Å²) in [6.07, 6.45) is 5.35. The molecule has 2 aromatic rings. The number of nitrogens with one attached hydrogen (secondary N) is 2. The SMILES string of the molecule is Cc1ccc(NC(=O)CSc2nnc(NC(=O)C3CCCCC3)s2)c(C)c1. The number of nitrogens with zero attached hydrogens (tertiary/aromatic N) is 2. The van der Waals surface area contributed by atoms with Gasteiger partial charge in [0.2, 0.25) is 16.9 Å². The Bertz CT molecular complexity index is 816. The fraction of sp³-hybridized carbons (Fsp3) is 0.474. The molecule has 0 unspecified atom stereocenters. The molecule has 2 amide bonds. The molecular formula is C19H24N4O2S2. The predicted octanol–water partition coefficient (Wildman–Crippen LogP) is 4.40. The minimum atomic E-state index is -0.0880. The van der Waals surface area contributed by atoms with Gasteiger partial charge in [-0.1, -0.05) is 60.1 Å². The standard InChI is InChI=1S/C19H24N4O2S2/c1-12-8-9-15(13(2)10-12)20-16(24)11-26-19-23-22-18(27-19)21-17(25)14-6-4-3-5-7-14/h8-10,14H,3-7,11H2,1-2H3,(H,20,24)(H,21,22,25). The zero-order valence-corrected chi connectivity index (χ0v) is 17.2. The summed E-state index contributed by atoms with van der Waals surface area (Å²) >= 11 is 2.63. The Kier molecular flexibility index (Phi) is 6.84. The topological polar surface area (TPSA) is 84.0 Å². The van der Waals surface area contributed by atoms with Crippen LogP contribution in [0.25, 0.3) is 0 Å². The second kappa shape index (κ2) is 9.32. The van der Waals surface area contributed by atoms with Crippen LogP contribution in [-0.2, 0) is 9.59 Å². The average Bonchev–Trinajstić information content (AvgIpc) is 3.10. The third-order valence-corrected chi connectivity index (χ3v) is 6.57. The van der Waals surface area contributed by atoms with Gasteiger partial charge in [0, 0.05) is 11.6 Å². The first-order chi connectivity index (χ1) is 13.0. The number of thioether (sulfide) groups is 1. The van der Waals surface area contributed by atoms with Crippen molar-refractivity contribution in [1.29, 1.82) is 0 Å². The minimum Gasteiger partial charge on any atom is -0.325 e. The highest BCUT2D eigenvalue weighted by atomic mass is 32.2. The van der Waals surface area contributed by atoms with Crippen LogP contribution in [0.2, 0.25) is 0 Å². The molecule has 6 nitrogen and oxygen atoms in total. The average molecular weight is 405 g/mol. The third-order valence-electron chi connectivity index (χ3n) is 4.60. The van der Waals surface area contributed by atoms with Crippen molar-refractivity contribution in [2.45, 2.75) is 50.3 Å². The Morgan fingerprint density at radius 2 is 1.93 bits per heavy atom. The van der Waals surface area contributed by atoms with E-state index in [-0.39, 0.29) is 23.5 Å². The molecule has 3 rings (SSSR count). The Balaban J connectivity index is 1.47. The number of benzene rings is 1. The van der Waals surface area contributed by atoms with Crippen molar-refractivity contribution in [1.82, 2.24) is 10.2 Å². The molecule has 1 aromatic carbocycles. The summed E-state index contributed by atoms with van der Waals surface area (Å²) in [5.41, 5.74) is 3.03. The number of carbonyl (C=O) groups excluding carboxylic acids is 2. The van der Waals surface area contributed by atoms with Crippen molar-refractivity contribution in [3.8, 4) is 0 Å². The van der Waals surface area contributed by atoms with Crippen LogP contribution in [0.15, 0.2) is 22.5 Å². The lowest BCUT2D eigenvalue weighted by molar-refractivity contribution is -0.120. The summed E-state index contributed by atoms with van der Waals surface area (Å²) in [4.78, 5) is 24.4. The Morgan fingerprint density at radius 3 is 2.67 bits per heavy atom. The molecule has 144 valence electrons. The molecule has 0 saturated heterocycles. The van der Waals surface area contributed by atoms with E-state index >= 15 is 0 Å². The van der Waals surface area contributed by atoms with Gasteiger partial charge in [0.15, 0.2) is 4.34 Å². The predicted molar refractivity (Wildman–Crippen MR) is 110 cm³/mol. The van der Waals surface area contributed by atoms with E-state index in [2.05, 4.69) is 20.8 Å². The summed E-state index contributed by atoms with van der Waals surface area (Å²) in [6, 6.07) is 5.92. The summed E-state index contributed by atoms with van der Waals surface area (Å²) < 4.78 is 0.671. The van der Waals surface area contributed by atoms with Gasteiger partial charge in [0.05, 0.1) is 5.75 Å². The van der Waals surface area contributed by atoms with Crippen molar-refractivity contribution in [3.05, 3.63) is 29.3 Å². The highest BCUT2D eigenvalue weighted by Gasteiger charge is 2.22. The van der Waals surface area contributed by atoms with E-state index in [0.717, 1.165) is 42.5 Å². The molecule has 8 heteroatoms. The number of rotatable bonds is 6. The van der Waals surface area contributed by atoms with Crippen LogP contribution in [0.3, 0.4) is 0 Å². The highest BCUT2D eigenvalue weighted by molar-refractivity contribution is 8.01. The second-order valence-electron chi connectivity index (χ2n) is 6.85. The molecule has 2 N–H and O–H groups in total. The molecule has 1 fully saturated rings. The highest BCUT2D eigenvalue weighted by Crippen LogP contribution is 2.28. The van der Waals surface area contributed by atoms with Crippen LogP contribution in [-0.4, -0.2) is 27.8 Å². The van der Waals surface area contributed by atoms with Crippen LogP contribution in [0, 0.1) is 19.8 Å². The van der Waals surface area contributed by atoms with Gasteiger partial charge in [-0.3, -0.25) is 9.59 Å². The summed E-state index contributed by atoms with van der Waals surface area (Å²) in [6.45, 7) is 4.00. The van der Waals surface area contributed by atoms with Gasteiger partial charge in [0.25, 0.3) is 0 Å². The van der Waals surface area contributed by atoms with Crippen LogP contribution in [0.5, 0.6) is 0 Å². The Labute approximate surface area is 167 Å². The Hall–Kier alpha value is -1.93. The first-order valence-electron chi connectivity index (χ1n) is 9.15. The zero-order chi connectivity index (χ0) is 19.2. The zero-order valence-electron chi connectivity index (χ0n) is 15.6. The lowest BCUT2D eigenvalue weighted by Crippen LogP contribution is -2.24. The molecule has 1 saturated carbocycles. The van der Waals surface area contributed by atoms with E-state index in [1.165, 1.54) is 29.5 Å². The first-order valence-corrected chi connectivity index (χ1v) is 11.0. The van der Waals surface area contributed by atoms with E-state index in [9.17, 15) is 9.59 Å². The molecule has 0 bridgehead atoms. The van der Waals surface area contributed by atoms with Gasteiger partial charge >= 0.3 is 0 Å². The van der Waals surface area contributed by atoms with Crippen molar-refractivity contribution < 1.29 is 9.59 Å². The van der Waals surface area contributed by atoms with Gasteiger partial charge in [-0.2, -0.15) is 0 Å². The maximum absolute atomic E-state index is 12.3. The number of aromatic nitrogens is 2. The molecule has 0 atom stereocenters. The molecule has 1 aliphatic rings. The molecule has 1 aliphatic carbocycles. The maximum atomic E-state index is 12.3. The normalized spacial score (nSPS) is 14.7. The fourth-order valence-corrected chi connectivity index (χ4v) is 4.71. The van der Waals surface area contributed by atoms with Gasteiger partial charge in [0.1, 0.15) is 0 Å². The quantitative estimate of drug-likeness (QED) is 0.550. The third kappa shape index (κ3) is 5.77. The molecule has 0 spiro atoms. The van der Waals surface area contributed by atoms with E-state index in [1.807, 2.05) is 32.0 Å². The molecule has 1 aromatic heterocycles. The van der Waals surface area contributed by atoms with E-state index in [1.54, 1.807) is 0 Å². The van der Waals surface area contributed by atoms with Gasteiger partial charge in [-0.25, -0.2) is 0 Å². The summed E-state index contributed by atoms with van der Waals surface area (Å²) in [5, 5.41) is 14.4. The maximum Gasteiger partial charge on any atom is 0.234 e. The van der Waals surface area contributed by atoms with Crippen LogP contribution >= 0.6 is 23.1 Å². The van der Waals surface area contributed by atoms with E-state index in [0.29, 0.717) is 9.47 Å². The summed E-state index contributed by atoms with van der Waals surface area (Å²) in [7, 11) is 0. The van der Waals surface area contributed by atoms with E-state index < -0.39 is 0 Å². The molecular weight excluding hydrogens is 380 g/mol. The number of carbonyl (C=O) groups is 2. The molecule has 0 radical (unpaired) electrons. The molecule has 0 aliphatic heterocycles. The van der Waals surface area contributed by atoms with Crippen molar-refractivity contribution in [2.75, 3.05) is 16.4 Å². The summed E-state index contributed by atoms with van der Waals surface area (Å²) in [5.74, 6) is 0.283. The number of hydrogen-bond donors (Lipinski definition) is 2. The van der Waals surface area contributed by atoms with Crippen LogP contribution in [0.1, 0.15) is 43.2 Å². The fourth-order valence-electron chi connectivity index (χ4n) is 3.16. The molecule has 1 heterocycles. The van der Waals surface area contributed by atoms with Crippen LogP contribution < -0.4 is 10.6 Å². The minimum absolute atomic E-state index is 0.0370.